The fourth-order valence-corrected chi connectivity index (χ4v) is 1.13. The predicted octanol–water partition coefficient (Wildman–Crippen LogP) is 1.27. The Hall–Kier alpha value is -1.10. The lowest BCUT2D eigenvalue weighted by molar-refractivity contribution is 0.100. The van der Waals surface area contributed by atoms with E-state index in [1.165, 1.54) is 12.1 Å². The minimum Gasteiger partial charge on any atom is -0.396 e. The second kappa shape index (κ2) is 3.10. The Bertz CT molecular complexity index is 340. The van der Waals surface area contributed by atoms with E-state index in [0.717, 1.165) is 0 Å². The molecule has 4 N–H and O–H groups in total. The number of primary amides is 1. The Morgan fingerprint density at radius 1 is 1.50 bits per heavy atom. The normalized spacial score (nSPS) is 9.83. The first-order valence-electron chi connectivity index (χ1n) is 3.07. The molecule has 0 aromatic heterocycles. The summed E-state index contributed by atoms with van der Waals surface area (Å²) in [6.07, 6.45) is 0. The van der Waals surface area contributed by atoms with Gasteiger partial charge in [-0.15, -0.1) is 0 Å². The molecule has 0 saturated heterocycles. The number of carbonyl (C=O) groups excluding carboxylic acids is 1. The maximum absolute atomic E-state index is 13.0. The summed E-state index contributed by atoms with van der Waals surface area (Å²) in [5, 5.41) is 0. The molecular weight excluding hydrogens is 227 g/mol. The average molecular weight is 233 g/mol. The highest BCUT2D eigenvalue weighted by molar-refractivity contribution is 9.10. The molecule has 0 aliphatic carbocycles. The van der Waals surface area contributed by atoms with Crippen molar-refractivity contribution in [1.29, 1.82) is 0 Å². The molecule has 3 nitrogen and oxygen atoms in total. The van der Waals surface area contributed by atoms with Crippen LogP contribution >= 0.6 is 15.9 Å². The topological polar surface area (TPSA) is 69.1 Å². The third kappa shape index (κ3) is 1.40. The number of benzene rings is 1. The van der Waals surface area contributed by atoms with Crippen LogP contribution in [0.2, 0.25) is 0 Å². The Morgan fingerprint density at radius 2 is 2.08 bits per heavy atom. The zero-order valence-corrected chi connectivity index (χ0v) is 7.56. The molecule has 0 heterocycles. The standard InChI is InChI=1S/C7H6BrFN2O/c8-4-2-1-3(7(11)12)6(10)5(4)9/h1-2H,10H2,(H2,11,12). The zero-order chi connectivity index (χ0) is 9.30. The lowest BCUT2D eigenvalue weighted by Gasteiger charge is -2.03. The molecule has 0 fully saturated rings. The van der Waals surface area contributed by atoms with Crippen molar-refractivity contribution in [1.82, 2.24) is 0 Å². The minimum absolute atomic E-state index is 0.00398. The number of hydrogen-bond donors (Lipinski definition) is 2. The summed E-state index contributed by atoms with van der Waals surface area (Å²) >= 11 is 2.92. The van der Waals surface area contributed by atoms with E-state index < -0.39 is 11.7 Å². The van der Waals surface area contributed by atoms with Gasteiger partial charge in [0.15, 0.2) is 5.82 Å². The van der Waals surface area contributed by atoms with Gasteiger partial charge in [0.1, 0.15) is 0 Å². The quantitative estimate of drug-likeness (QED) is 0.717. The number of rotatable bonds is 1. The van der Waals surface area contributed by atoms with Gasteiger partial charge in [-0.05, 0) is 28.1 Å². The Morgan fingerprint density at radius 3 is 2.58 bits per heavy atom. The van der Waals surface area contributed by atoms with Gasteiger partial charge in [0, 0.05) is 0 Å². The van der Waals surface area contributed by atoms with Crippen LogP contribution in [0.3, 0.4) is 0 Å². The summed E-state index contributed by atoms with van der Waals surface area (Å²) in [5.74, 6) is -1.40. The van der Waals surface area contributed by atoms with Crippen molar-refractivity contribution >= 4 is 27.5 Å². The highest BCUT2D eigenvalue weighted by atomic mass is 79.9. The van der Waals surface area contributed by atoms with Crippen molar-refractivity contribution in [3.8, 4) is 0 Å². The molecule has 64 valence electrons. The van der Waals surface area contributed by atoms with Gasteiger partial charge in [-0.25, -0.2) is 4.39 Å². The first-order valence-corrected chi connectivity index (χ1v) is 3.86. The summed E-state index contributed by atoms with van der Waals surface area (Å²) in [4.78, 5) is 10.6. The van der Waals surface area contributed by atoms with Gasteiger partial charge in [0.2, 0.25) is 0 Å². The van der Waals surface area contributed by atoms with E-state index in [-0.39, 0.29) is 15.7 Å². The summed E-state index contributed by atoms with van der Waals surface area (Å²) < 4.78 is 13.2. The van der Waals surface area contributed by atoms with Crippen molar-refractivity contribution in [2.75, 3.05) is 5.73 Å². The van der Waals surface area contributed by atoms with Gasteiger partial charge in [0.25, 0.3) is 5.91 Å². The Kier molecular flexibility index (Phi) is 2.32. The van der Waals surface area contributed by atoms with E-state index in [1.807, 2.05) is 0 Å². The van der Waals surface area contributed by atoms with Crippen LogP contribution in [0.4, 0.5) is 10.1 Å². The van der Waals surface area contributed by atoms with Crippen LogP contribution in [0.15, 0.2) is 16.6 Å². The highest BCUT2D eigenvalue weighted by Crippen LogP contribution is 2.23. The van der Waals surface area contributed by atoms with Gasteiger partial charge in [-0.3, -0.25) is 4.79 Å². The number of halogens is 2. The number of anilines is 1. The van der Waals surface area contributed by atoms with Crippen LogP contribution in [0.25, 0.3) is 0 Å². The summed E-state index contributed by atoms with van der Waals surface area (Å²) in [5.41, 5.74) is 9.98. The highest BCUT2D eigenvalue weighted by Gasteiger charge is 2.11. The molecule has 1 amide bonds. The second-order valence-electron chi connectivity index (χ2n) is 2.19. The molecular formula is C7H6BrFN2O. The van der Waals surface area contributed by atoms with Crippen LogP contribution in [0.5, 0.6) is 0 Å². The number of nitrogen functional groups attached to an aromatic ring is 1. The predicted molar refractivity (Wildman–Crippen MR) is 47.0 cm³/mol. The first-order chi connectivity index (χ1) is 5.54. The lowest BCUT2D eigenvalue weighted by Crippen LogP contribution is -2.14. The van der Waals surface area contributed by atoms with Crippen molar-refractivity contribution in [2.45, 2.75) is 0 Å². The average Bonchev–Trinajstić information content (AvgIpc) is 2.00. The van der Waals surface area contributed by atoms with Crippen molar-refractivity contribution in [3.63, 3.8) is 0 Å². The third-order valence-electron chi connectivity index (χ3n) is 1.40. The van der Waals surface area contributed by atoms with Crippen molar-refractivity contribution in [2.24, 2.45) is 5.73 Å². The van der Waals surface area contributed by atoms with Gasteiger partial charge < -0.3 is 11.5 Å². The summed E-state index contributed by atoms with van der Waals surface area (Å²) in [6.45, 7) is 0. The van der Waals surface area contributed by atoms with E-state index in [4.69, 9.17) is 11.5 Å². The molecule has 0 spiro atoms. The van der Waals surface area contributed by atoms with Gasteiger partial charge in [0.05, 0.1) is 15.7 Å². The molecule has 5 heteroatoms. The molecule has 0 radical (unpaired) electrons. The van der Waals surface area contributed by atoms with E-state index in [9.17, 15) is 9.18 Å². The van der Waals surface area contributed by atoms with Crippen LogP contribution in [-0.2, 0) is 0 Å². The lowest BCUT2D eigenvalue weighted by atomic mass is 10.1. The molecule has 0 aliphatic heterocycles. The summed E-state index contributed by atoms with van der Waals surface area (Å²) in [6, 6.07) is 2.75. The van der Waals surface area contributed by atoms with Gasteiger partial charge in [-0.1, -0.05) is 0 Å². The SMILES string of the molecule is NC(=O)c1ccc(Br)c(F)c1N. The van der Waals surface area contributed by atoms with Crippen molar-refractivity contribution < 1.29 is 9.18 Å². The zero-order valence-electron chi connectivity index (χ0n) is 5.97. The molecule has 0 atom stereocenters. The molecule has 0 unspecified atom stereocenters. The first kappa shape index (κ1) is 8.99. The van der Waals surface area contributed by atoms with E-state index in [2.05, 4.69) is 15.9 Å². The summed E-state index contributed by atoms with van der Waals surface area (Å²) in [7, 11) is 0. The molecule has 1 aromatic rings. The monoisotopic (exact) mass is 232 g/mol. The molecule has 0 saturated carbocycles. The number of hydrogen-bond acceptors (Lipinski definition) is 2. The third-order valence-corrected chi connectivity index (χ3v) is 2.01. The van der Waals surface area contributed by atoms with E-state index in [1.54, 1.807) is 0 Å². The van der Waals surface area contributed by atoms with E-state index >= 15 is 0 Å². The minimum atomic E-state index is -0.737. The smallest absolute Gasteiger partial charge is 0.250 e. The fourth-order valence-electron chi connectivity index (χ4n) is 0.781. The van der Waals surface area contributed by atoms with Crippen LogP contribution < -0.4 is 11.5 Å². The van der Waals surface area contributed by atoms with Crippen LogP contribution in [-0.4, -0.2) is 5.91 Å². The second-order valence-corrected chi connectivity index (χ2v) is 3.04. The molecule has 12 heavy (non-hydrogen) atoms. The molecule has 1 rings (SSSR count). The fraction of sp³-hybridized carbons (Fsp3) is 0. The Labute approximate surface area is 76.7 Å². The van der Waals surface area contributed by atoms with Crippen LogP contribution in [0, 0.1) is 5.82 Å². The van der Waals surface area contributed by atoms with Gasteiger partial charge >= 0.3 is 0 Å². The Balaban J connectivity index is 3.36. The van der Waals surface area contributed by atoms with Crippen LogP contribution in [0.1, 0.15) is 10.4 Å². The maximum Gasteiger partial charge on any atom is 0.250 e. The number of nitrogens with two attached hydrogens (primary N) is 2. The number of carbonyl (C=O) groups is 1. The van der Waals surface area contributed by atoms with E-state index in [0.29, 0.717) is 0 Å². The number of amides is 1. The molecule has 0 aliphatic rings. The van der Waals surface area contributed by atoms with Gasteiger partial charge in [-0.2, -0.15) is 0 Å². The maximum atomic E-state index is 13.0. The molecule has 1 aromatic carbocycles. The largest absolute Gasteiger partial charge is 0.396 e. The molecule has 0 bridgehead atoms. The van der Waals surface area contributed by atoms with Crippen molar-refractivity contribution in [3.05, 3.63) is 28.0 Å².